The normalized spacial score (nSPS) is 11.9. The molecule has 0 atom stereocenters. The molecule has 0 bridgehead atoms. The lowest BCUT2D eigenvalue weighted by atomic mass is 10.2. The molecular weight excluding hydrogens is 511 g/mol. The summed E-state index contributed by atoms with van der Waals surface area (Å²) in [6.45, 7) is 0. The van der Waals surface area contributed by atoms with E-state index >= 15 is 0 Å². The van der Waals surface area contributed by atoms with Crippen molar-refractivity contribution in [1.29, 1.82) is 0 Å². The molecule has 180 valence electrons. The van der Waals surface area contributed by atoms with Crippen molar-refractivity contribution in [2.75, 3.05) is 10.0 Å². The Hall–Kier alpha value is -3.97. The average molecular weight is 524 g/mol. The standard InChI is InChI=1S/C21H13ClF3N5O4S/c22-15-9-8-14(11-18(15)30(31)32)35(33,34)29-20-19(27-16-6-1-2-7-17(16)28-20)26-13-5-3-4-12(10-13)21(23,24)25/h1-11H,(H,26,27)(H,28,29). The van der Waals surface area contributed by atoms with Crippen LogP contribution in [0.4, 0.5) is 36.2 Å². The molecule has 0 aliphatic heterocycles. The van der Waals surface area contributed by atoms with Crippen LogP contribution in [0.1, 0.15) is 5.56 Å². The average Bonchev–Trinajstić information content (AvgIpc) is 2.79. The monoisotopic (exact) mass is 523 g/mol. The largest absolute Gasteiger partial charge is 0.416 e. The summed E-state index contributed by atoms with van der Waals surface area (Å²) in [4.78, 5) is 18.4. The number of nitrogens with one attached hydrogen (secondary N) is 2. The van der Waals surface area contributed by atoms with Crippen LogP contribution < -0.4 is 10.0 Å². The number of hydrogen-bond donors (Lipinski definition) is 2. The number of nitro groups is 1. The highest BCUT2D eigenvalue weighted by molar-refractivity contribution is 7.92. The van der Waals surface area contributed by atoms with Gasteiger partial charge >= 0.3 is 6.18 Å². The third kappa shape index (κ3) is 5.25. The summed E-state index contributed by atoms with van der Waals surface area (Å²) >= 11 is 5.76. The fraction of sp³-hybridized carbons (Fsp3) is 0.0476. The summed E-state index contributed by atoms with van der Waals surface area (Å²) in [6.07, 6.45) is -4.60. The second-order valence-corrected chi connectivity index (χ2v) is 9.18. The molecule has 0 unspecified atom stereocenters. The third-order valence-corrected chi connectivity index (χ3v) is 6.34. The van der Waals surface area contributed by atoms with E-state index in [1.165, 1.54) is 12.1 Å². The first-order valence-corrected chi connectivity index (χ1v) is 11.5. The number of sulfonamides is 1. The first-order chi connectivity index (χ1) is 16.4. The molecule has 3 aromatic carbocycles. The van der Waals surface area contributed by atoms with Crippen LogP contribution in [0.3, 0.4) is 0 Å². The first kappa shape index (κ1) is 24.2. The van der Waals surface area contributed by atoms with E-state index in [9.17, 15) is 31.7 Å². The minimum atomic E-state index is -4.60. The van der Waals surface area contributed by atoms with E-state index in [4.69, 9.17) is 11.6 Å². The smallest absolute Gasteiger partial charge is 0.337 e. The number of aromatic nitrogens is 2. The van der Waals surface area contributed by atoms with Crippen LogP contribution in [0.2, 0.25) is 5.02 Å². The zero-order chi connectivity index (χ0) is 25.4. The van der Waals surface area contributed by atoms with Crippen LogP contribution >= 0.6 is 11.6 Å². The number of fused-ring (bicyclic) bond motifs is 1. The number of alkyl halides is 3. The third-order valence-electron chi connectivity index (χ3n) is 4.68. The fourth-order valence-corrected chi connectivity index (χ4v) is 4.27. The number of hydrogen-bond acceptors (Lipinski definition) is 7. The molecule has 0 saturated heterocycles. The van der Waals surface area contributed by atoms with Crippen LogP contribution in [0.25, 0.3) is 11.0 Å². The molecule has 4 rings (SSSR count). The Bertz CT molecular complexity index is 1560. The van der Waals surface area contributed by atoms with Crippen molar-refractivity contribution in [3.8, 4) is 0 Å². The van der Waals surface area contributed by atoms with Gasteiger partial charge in [-0.2, -0.15) is 13.2 Å². The number of nitrogens with zero attached hydrogens (tertiary/aromatic N) is 3. The van der Waals surface area contributed by atoms with E-state index < -0.39 is 37.3 Å². The summed E-state index contributed by atoms with van der Waals surface area (Å²) < 4.78 is 67.5. The number of benzene rings is 3. The number of para-hydroxylation sites is 2. The molecule has 0 fully saturated rings. The van der Waals surface area contributed by atoms with Crippen molar-refractivity contribution in [2.24, 2.45) is 0 Å². The Morgan fingerprint density at radius 1 is 0.914 bits per heavy atom. The molecule has 0 saturated carbocycles. The maximum absolute atomic E-state index is 13.1. The van der Waals surface area contributed by atoms with Gasteiger partial charge in [-0.25, -0.2) is 18.4 Å². The molecule has 9 nitrogen and oxygen atoms in total. The number of anilines is 3. The Morgan fingerprint density at radius 3 is 2.20 bits per heavy atom. The van der Waals surface area contributed by atoms with Crippen molar-refractivity contribution in [1.82, 2.24) is 9.97 Å². The maximum Gasteiger partial charge on any atom is 0.416 e. The van der Waals surface area contributed by atoms with Crippen LogP contribution in [-0.4, -0.2) is 23.3 Å². The predicted molar refractivity (Wildman–Crippen MR) is 123 cm³/mol. The molecule has 2 N–H and O–H groups in total. The highest BCUT2D eigenvalue weighted by Crippen LogP contribution is 2.33. The van der Waals surface area contributed by atoms with Gasteiger partial charge in [0.05, 0.1) is 26.4 Å². The summed E-state index contributed by atoms with van der Waals surface area (Å²) in [5.74, 6) is -0.520. The summed E-state index contributed by atoms with van der Waals surface area (Å²) in [7, 11) is -4.44. The lowest BCUT2D eigenvalue weighted by Gasteiger charge is -2.15. The molecule has 14 heteroatoms. The zero-order valence-corrected chi connectivity index (χ0v) is 18.8. The molecular formula is C21H13ClF3N5O4S. The van der Waals surface area contributed by atoms with E-state index in [0.29, 0.717) is 11.0 Å². The highest BCUT2D eigenvalue weighted by Gasteiger charge is 2.30. The minimum Gasteiger partial charge on any atom is -0.337 e. The Labute approximate surface area is 200 Å². The molecule has 0 amide bonds. The van der Waals surface area contributed by atoms with Crippen molar-refractivity contribution in [2.45, 2.75) is 11.1 Å². The van der Waals surface area contributed by atoms with Crippen LogP contribution in [0.15, 0.2) is 71.6 Å². The van der Waals surface area contributed by atoms with Gasteiger partial charge in [0.25, 0.3) is 15.7 Å². The SMILES string of the molecule is O=[N+]([O-])c1cc(S(=O)(=O)Nc2nc3ccccc3nc2Nc2cccc(C(F)(F)F)c2)ccc1Cl. The van der Waals surface area contributed by atoms with Gasteiger partial charge in [0, 0.05) is 11.8 Å². The minimum absolute atomic E-state index is 0.0213. The summed E-state index contributed by atoms with van der Waals surface area (Å²) in [6, 6.07) is 13.6. The van der Waals surface area contributed by atoms with Crippen LogP contribution in [0, 0.1) is 10.1 Å². The molecule has 0 aliphatic carbocycles. The zero-order valence-electron chi connectivity index (χ0n) is 17.2. The quantitative estimate of drug-likeness (QED) is 0.243. The topological polar surface area (TPSA) is 127 Å². The van der Waals surface area contributed by atoms with E-state index in [0.717, 1.165) is 30.3 Å². The van der Waals surface area contributed by atoms with Gasteiger partial charge in [0.2, 0.25) is 0 Å². The van der Waals surface area contributed by atoms with E-state index in [2.05, 4.69) is 20.0 Å². The second kappa shape index (κ2) is 9.00. The predicted octanol–water partition coefficient (Wildman–Crippen LogP) is 5.75. The Kier molecular flexibility index (Phi) is 6.21. The van der Waals surface area contributed by atoms with Gasteiger partial charge in [-0.1, -0.05) is 29.8 Å². The summed E-state index contributed by atoms with van der Waals surface area (Å²) in [5.41, 5.74) is -0.936. The molecule has 1 aromatic heterocycles. The maximum atomic E-state index is 13.1. The van der Waals surface area contributed by atoms with Crippen LogP contribution in [0.5, 0.6) is 0 Å². The lowest BCUT2D eigenvalue weighted by molar-refractivity contribution is -0.384. The lowest BCUT2D eigenvalue weighted by Crippen LogP contribution is -2.16. The highest BCUT2D eigenvalue weighted by atomic mass is 35.5. The fourth-order valence-electron chi connectivity index (χ4n) is 3.05. The molecule has 4 aromatic rings. The van der Waals surface area contributed by atoms with Crippen molar-refractivity contribution >= 4 is 55.7 Å². The molecule has 0 aliphatic rings. The van der Waals surface area contributed by atoms with E-state index in [-0.39, 0.29) is 22.3 Å². The molecule has 0 radical (unpaired) electrons. The number of rotatable bonds is 6. The van der Waals surface area contributed by atoms with Gasteiger partial charge in [0.1, 0.15) is 5.02 Å². The number of halogens is 4. The number of nitro benzene ring substituents is 1. The molecule has 0 spiro atoms. The van der Waals surface area contributed by atoms with Crippen molar-refractivity contribution in [3.05, 3.63) is 87.4 Å². The Morgan fingerprint density at radius 2 is 1.57 bits per heavy atom. The summed E-state index contributed by atoms with van der Waals surface area (Å²) in [5, 5.41) is 13.6. The van der Waals surface area contributed by atoms with E-state index in [1.54, 1.807) is 24.3 Å². The van der Waals surface area contributed by atoms with Crippen molar-refractivity contribution < 1.29 is 26.5 Å². The van der Waals surface area contributed by atoms with Gasteiger partial charge in [-0.05, 0) is 42.5 Å². The van der Waals surface area contributed by atoms with Gasteiger partial charge in [-0.3, -0.25) is 14.8 Å². The molecule has 35 heavy (non-hydrogen) atoms. The first-order valence-electron chi connectivity index (χ1n) is 9.62. The molecule has 1 heterocycles. The van der Waals surface area contributed by atoms with Gasteiger partial charge < -0.3 is 5.32 Å². The van der Waals surface area contributed by atoms with Gasteiger partial charge in [-0.15, -0.1) is 0 Å². The Balaban J connectivity index is 1.78. The second-order valence-electron chi connectivity index (χ2n) is 7.09. The van der Waals surface area contributed by atoms with Crippen LogP contribution in [-0.2, 0) is 16.2 Å². The van der Waals surface area contributed by atoms with Gasteiger partial charge in [0.15, 0.2) is 11.6 Å². The van der Waals surface area contributed by atoms with E-state index in [1.807, 2.05) is 0 Å². The van der Waals surface area contributed by atoms with Crippen molar-refractivity contribution in [3.63, 3.8) is 0 Å².